The zero-order chi connectivity index (χ0) is 11.4. The Kier molecular flexibility index (Phi) is 4.67. The van der Waals surface area contributed by atoms with Crippen molar-refractivity contribution in [1.29, 1.82) is 0 Å². The molecule has 4 heteroatoms. The smallest absolute Gasteiger partial charge is 0.137 e. The minimum Gasteiger partial charge on any atom is -0.309 e. The van der Waals surface area contributed by atoms with Crippen molar-refractivity contribution in [3.63, 3.8) is 0 Å². The van der Waals surface area contributed by atoms with E-state index in [0.29, 0.717) is 10.5 Å². The highest BCUT2D eigenvalue weighted by molar-refractivity contribution is 9.10. The van der Waals surface area contributed by atoms with Crippen LogP contribution in [-0.4, -0.2) is 17.5 Å². The third kappa shape index (κ3) is 3.47. The van der Waals surface area contributed by atoms with Gasteiger partial charge in [0, 0.05) is 18.3 Å². The summed E-state index contributed by atoms with van der Waals surface area (Å²) in [5, 5.41) is 3.52. The summed E-state index contributed by atoms with van der Waals surface area (Å²) < 4.78 is 13.6. The summed E-state index contributed by atoms with van der Waals surface area (Å²) in [5.41, 5.74) is 1.13. The Labute approximate surface area is 108 Å². The van der Waals surface area contributed by atoms with E-state index in [1.807, 2.05) is 23.9 Å². The van der Waals surface area contributed by atoms with E-state index in [0.717, 1.165) is 12.1 Å². The molecule has 0 radical (unpaired) electrons. The monoisotopic (exact) mass is 303 g/mol. The van der Waals surface area contributed by atoms with Crippen LogP contribution >= 0.6 is 27.7 Å². The maximum atomic E-state index is 13.0. The average molecular weight is 304 g/mol. The van der Waals surface area contributed by atoms with Gasteiger partial charge in [0.05, 0.1) is 4.47 Å². The normalized spacial score (nSPS) is 21.0. The molecule has 1 heterocycles. The molecule has 1 aromatic rings. The van der Waals surface area contributed by atoms with E-state index < -0.39 is 0 Å². The zero-order valence-electron chi connectivity index (χ0n) is 9.01. The van der Waals surface area contributed by atoms with E-state index in [9.17, 15) is 4.39 Å². The number of thioether (sulfide) groups is 1. The van der Waals surface area contributed by atoms with Gasteiger partial charge in [0.2, 0.25) is 0 Å². The minimum atomic E-state index is -0.197. The Morgan fingerprint density at radius 3 is 3.06 bits per heavy atom. The van der Waals surface area contributed by atoms with Crippen LogP contribution in [0.2, 0.25) is 0 Å². The van der Waals surface area contributed by atoms with Crippen molar-refractivity contribution < 1.29 is 4.39 Å². The largest absolute Gasteiger partial charge is 0.309 e. The Morgan fingerprint density at radius 1 is 1.50 bits per heavy atom. The fraction of sp³-hybridized carbons (Fsp3) is 0.500. The summed E-state index contributed by atoms with van der Waals surface area (Å²) >= 11 is 5.22. The van der Waals surface area contributed by atoms with E-state index in [4.69, 9.17) is 0 Å². The molecule has 88 valence electrons. The third-order valence-corrected chi connectivity index (χ3v) is 4.56. The zero-order valence-corrected chi connectivity index (χ0v) is 11.4. The molecule has 0 spiro atoms. The third-order valence-electron chi connectivity index (χ3n) is 2.74. The second-order valence-electron chi connectivity index (χ2n) is 4.04. The van der Waals surface area contributed by atoms with Crippen LogP contribution in [0, 0.1) is 5.82 Å². The lowest BCUT2D eigenvalue weighted by molar-refractivity contribution is 0.507. The summed E-state index contributed by atoms with van der Waals surface area (Å²) in [5.74, 6) is 2.29. The Morgan fingerprint density at radius 2 is 2.38 bits per heavy atom. The molecule has 1 saturated heterocycles. The van der Waals surface area contributed by atoms with E-state index in [-0.39, 0.29) is 5.82 Å². The quantitative estimate of drug-likeness (QED) is 0.916. The van der Waals surface area contributed by atoms with Crippen molar-refractivity contribution in [3.05, 3.63) is 34.1 Å². The molecule has 0 bridgehead atoms. The molecule has 1 aromatic carbocycles. The molecule has 1 fully saturated rings. The fourth-order valence-electron chi connectivity index (χ4n) is 1.81. The van der Waals surface area contributed by atoms with Gasteiger partial charge in [-0.05, 0) is 52.2 Å². The first-order chi connectivity index (χ1) is 7.75. The molecule has 1 atom stereocenters. The molecule has 1 aliphatic rings. The topological polar surface area (TPSA) is 12.0 Å². The molecule has 0 aliphatic carbocycles. The SMILES string of the molecule is Fc1ccc(CNC2CCCSC2)cc1Br. The molecule has 0 aromatic heterocycles. The van der Waals surface area contributed by atoms with Crippen LogP contribution in [-0.2, 0) is 6.54 Å². The molecule has 2 rings (SSSR count). The number of benzene rings is 1. The second-order valence-corrected chi connectivity index (χ2v) is 6.05. The first-order valence-corrected chi connectivity index (χ1v) is 7.45. The summed E-state index contributed by atoms with van der Waals surface area (Å²) in [6.07, 6.45) is 2.56. The van der Waals surface area contributed by atoms with E-state index in [2.05, 4.69) is 21.2 Å². The van der Waals surface area contributed by atoms with Crippen LogP contribution in [0.25, 0.3) is 0 Å². The van der Waals surface area contributed by atoms with Gasteiger partial charge in [-0.2, -0.15) is 11.8 Å². The van der Waals surface area contributed by atoms with Gasteiger partial charge in [-0.3, -0.25) is 0 Å². The van der Waals surface area contributed by atoms with Crippen LogP contribution in [0.15, 0.2) is 22.7 Å². The molecular weight excluding hydrogens is 289 g/mol. The first kappa shape index (κ1) is 12.4. The van der Waals surface area contributed by atoms with Gasteiger partial charge in [0.15, 0.2) is 0 Å². The average Bonchev–Trinajstić information content (AvgIpc) is 2.32. The van der Waals surface area contributed by atoms with Crippen LogP contribution in [0.5, 0.6) is 0 Å². The van der Waals surface area contributed by atoms with E-state index in [1.54, 1.807) is 0 Å². The van der Waals surface area contributed by atoms with Crippen molar-refractivity contribution in [2.24, 2.45) is 0 Å². The van der Waals surface area contributed by atoms with Crippen LogP contribution < -0.4 is 5.32 Å². The van der Waals surface area contributed by atoms with Gasteiger partial charge in [0.1, 0.15) is 5.82 Å². The number of halogens is 2. The number of hydrogen-bond donors (Lipinski definition) is 1. The number of nitrogens with one attached hydrogen (secondary N) is 1. The summed E-state index contributed by atoms with van der Waals surface area (Å²) in [4.78, 5) is 0. The molecule has 0 amide bonds. The molecule has 1 N–H and O–H groups in total. The Balaban J connectivity index is 1.86. The molecule has 1 nitrogen and oxygen atoms in total. The van der Waals surface area contributed by atoms with Gasteiger partial charge in [-0.1, -0.05) is 6.07 Å². The van der Waals surface area contributed by atoms with Crippen LogP contribution in [0.3, 0.4) is 0 Å². The van der Waals surface area contributed by atoms with Gasteiger partial charge in [0.25, 0.3) is 0 Å². The van der Waals surface area contributed by atoms with Crippen LogP contribution in [0.1, 0.15) is 18.4 Å². The highest BCUT2D eigenvalue weighted by Gasteiger charge is 2.12. The van der Waals surface area contributed by atoms with E-state index >= 15 is 0 Å². The number of hydrogen-bond acceptors (Lipinski definition) is 2. The number of rotatable bonds is 3. The first-order valence-electron chi connectivity index (χ1n) is 5.51. The predicted octanol–water partition coefficient (Wildman–Crippen LogP) is 3.57. The van der Waals surface area contributed by atoms with Crippen molar-refractivity contribution in [2.45, 2.75) is 25.4 Å². The standard InChI is InChI=1S/C12H15BrFNS/c13-11-6-9(3-4-12(11)14)7-15-10-2-1-5-16-8-10/h3-4,6,10,15H,1-2,5,7-8H2. The molecular formula is C12H15BrFNS. The maximum absolute atomic E-state index is 13.0. The highest BCUT2D eigenvalue weighted by Crippen LogP contribution is 2.19. The molecule has 0 saturated carbocycles. The Hall–Kier alpha value is -0.0600. The second kappa shape index (κ2) is 6.03. The van der Waals surface area contributed by atoms with Crippen molar-refractivity contribution in [2.75, 3.05) is 11.5 Å². The van der Waals surface area contributed by atoms with Crippen LogP contribution in [0.4, 0.5) is 4.39 Å². The minimum absolute atomic E-state index is 0.197. The van der Waals surface area contributed by atoms with E-state index in [1.165, 1.54) is 30.4 Å². The fourth-order valence-corrected chi connectivity index (χ4v) is 3.35. The molecule has 1 aliphatic heterocycles. The van der Waals surface area contributed by atoms with Gasteiger partial charge in [-0.25, -0.2) is 4.39 Å². The van der Waals surface area contributed by atoms with Gasteiger partial charge >= 0.3 is 0 Å². The van der Waals surface area contributed by atoms with Gasteiger partial charge < -0.3 is 5.32 Å². The maximum Gasteiger partial charge on any atom is 0.137 e. The lowest BCUT2D eigenvalue weighted by Crippen LogP contribution is -2.33. The van der Waals surface area contributed by atoms with Crippen molar-refractivity contribution in [3.8, 4) is 0 Å². The van der Waals surface area contributed by atoms with Gasteiger partial charge in [-0.15, -0.1) is 0 Å². The summed E-state index contributed by atoms with van der Waals surface area (Å²) in [6.45, 7) is 0.824. The van der Waals surface area contributed by atoms with Crippen molar-refractivity contribution in [1.82, 2.24) is 5.32 Å². The summed E-state index contributed by atoms with van der Waals surface area (Å²) in [7, 11) is 0. The predicted molar refractivity (Wildman–Crippen MR) is 71.3 cm³/mol. The lowest BCUT2D eigenvalue weighted by atomic mass is 10.1. The van der Waals surface area contributed by atoms with Crippen molar-refractivity contribution >= 4 is 27.7 Å². The summed E-state index contributed by atoms with van der Waals surface area (Å²) in [6, 6.07) is 5.81. The molecule has 16 heavy (non-hydrogen) atoms. The lowest BCUT2D eigenvalue weighted by Gasteiger charge is -2.22. The highest BCUT2D eigenvalue weighted by atomic mass is 79.9. The Bertz CT molecular complexity index is 353. The molecule has 1 unspecified atom stereocenters.